The summed E-state index contributed by atoms with van der Waals surface area (Å²) in [6.07, 6.45) is 2.23. The second kappa shape index (κ2) is 7.66. The summed E-state index contributed by atoms with van der Waals surface area (Å²) >= 11 is 0. The third kappa shape index (κ3) is 6.22. The Morgan fingerprint density at radius 1 is 1.11 bits per heavy atom. The highest BCUT2D eigenvalue weighted by atomic mass is 14.8. The van der Waals surface area contributed by atoms with Gasteiger partial charge in [-0.25, -0.2) is 0 Å². The SMILES string of the molecule is CC(C)c1ccc(CCNCCC(C)(C)CN)cc1. The summed E-state index contributed by atoms with van der Waals surface area (Å²) in [5.41, 5.74) is 8.81. The molecule has 3 N–H and O–H groups in total. The van der Waals surface area contributed by atoms with E-state index in [1.165, 1.54) is 11.1 Å². The molecule has 0 amide bonds. The molecule has 108 valence electrons. The van der Waals surface area contributed by atoms with Crippen LogP contribution in [0.4, 0.5) is 0 Å². The van der Waals surface area contributed by atoms with E-state index in [-0.39, 0.29) is 5.41 Å². The normalized spacial score (nSPS) is 12.1. The second-order valence-electron chi connectivity index (χ2n) is 6.51. The van der Waals surface area contributed by atoms with Crippen molar-refractivity contribution in [1.29, 1.82) is 0 Å². The van der Waals surface area contributed by atoms with Gasteiger partial charge in [0.25, 0.3) is 0 Å². The van der Waals surface area contributed by atoms with Crippen LogP contribution in [0.25, 0.3) is 0 Å². The molecule has 0 aliphatic rings. The van der Waals surface area contributed by atoms with E-state index in [9.17, 15) is 0 Å². The topological polar surface area (TPSA) is 38.0 Å². The lowest BCUT2D eigenvalue weighted by atomic mass is 9.90. The van der Waals surface area contributed by atoms with Crippen molar-refractivity contribution in [3.8, 4) is 0 Å². The van der Waals surface area contributed by atoms with Gasteiger partial charge in [-0.2, -0.15) is 0 Å². The van der Waals surface area contributed by atoms with E-state index in [2.05, 4.69) is 57.3 Å². The van der Waals surface area contributed by atoms with Gasteiger partial charge in [0, 0.05) is 0 Å². The average Bonchev–Trinajstić information content (AvgIpc) is 2.39. The summed E-state index contributed by atoms with van der Waals surface area (Å²) in [4.78, 5) is 0. The Balaban J connectivity index is 2.23. The van der Waals surface area contributed by atoms with Crippen molar-refractivity contribution in [3.63, 3.8) is 0 Å². The summed E-state index contributed by atoms with van der Waals surface area (Å²) in [5.74, 6) is 0.616. The molecule has 0 fully saturated rings. The maximum Gasteiger partial charge on any atom is -0.000835 e. The van der Waals surface area contributed by atoms with E-state index in [0.29, 0.717) is 5.92 Å². The van der Waals surface area contributed by atoms with Crippen LogP contribution < -0.4 is 11.1 Å². The second-order valence-corrected chi connectivity index (χ2v) is 6.51. The van der Waals surface area contributed by atoms with Gasteiger partial charge in [-0.3, -0.25) is 0 Å². The van der Waals surface area contributed by atoms with E-state index in [0.717, 1.165) is 32.5 Å². The van der Waals surface area contributed by atoms with Crippen molar-refractivity contribution in [2.75, 3.05) is 19.6 Å². The molecule has 0 saturated heterocycles. The van der Waals surface area contributed by atoms with E-state index in [1.54, 1.807) is 0 Å². The van der Waals surface area contributed by atoms with Gasteiger partial charge in [-0.05, 0) is 54.9 Å². The van der Waals surface area contributed by atoms with Gasteiger partial charge in [-0.15, -0.1) is 0 Å². The number of rotatable bonds is 8. The van der Waals surface area contributed by atoms with E-state index < -0.39 is 0 Å². The number of hydrogen-bond donors (Lipinski definition) is 2. The largest absolute Gasteiger partial charge is 0.330 e. The van der Waals surface area contributed by atoms with Crippen molar-refractivity contribution in [1.82, 2.24) is 5.32 Å². The maximum absolute atomic E-state index is 5.72. The lowest BCUT2D eigenvalue weighted by Crippen LogP contribution is -2.29. The van der Waals surface area contributed by atoms with Crippen LogP contribution >= 0.6 is 0 Å². The molecule has 0 spiro atoms. The fourth-order valence-corrected chi connectivity index (χ4v) is 1.96. The average molecular weight is 262 g/mol. The first-order valence-corrected chi connectivity index (χ1v) is 7.44. The Labute approximate surface area is 118 Å². The minimum absolute atomic E-state index is 0.256. The monoisotopic (exact) mass is 262 g/mol. The Morgan fingerprint density at radius 2 is 1.74 bits per heavy atom. The molecule has 0 radical (unpaired) electrons. The minimum atomic E-state index is 0.256. The van der Waals surface area contributed by atoms with Crippen molar-refractivity contribution in [2.45, 2.75) is 46.5 Å². The highest BCUT2D eigenvalue weighted by Gasteiger charge is 2.13. The number of nitrogens with one attached hydrogen (secondary N) is 1. The number of nitrogens with two attached hydrogens (primary N) is 1. The smallest absolute Gasteiger partial charge is 0.000835 e. The quantitative estimate of drug-likeness (QED) is 0.705. The summed E-state index contributed by atoms with van der Waals surface area (Å²) in [7, 11) is 0. The zero-order chi connectivity index (χ0) is 14.3. The number of hydrogen-bond acceptors (Lipinski definition) is 2. The van der Waals surface area contributed by atoms with Crippen LogP contribution in [-0.4, -0.2) is 19.6 Å². The molecule has 0 aliphatic heterocycles. The van der Waals surface area contributed by atoms with Crippen LogP contribution in [0.5, 0.6) is 0 Å². The Morgan fingerprint density at radius 3 is 2.26 bits per heavy atom. The fourth-order valence-electron chi connectivity index (χ4n) is 1.96. The lowest BCUT2D eigenvalue weighted by molar-refractivity contribution is 0.340. The molecule has 19 heavy (non-hydrogen) atoms. The molecular formula is C17H30N2. The van der Waals surface area contributed by atoms with Crippen molar-refractivity contribution >= 4 is 0 Å². The van der Waals surface area contributed by atoms with Crippen LogP contribution in [0, 0.1) is 5.41 Å². The molecule has 0 aromatic heterocycles. The Kier molecular flexibility index (Phi) is 6.53. The van der Waals surface area contributed by atoms with Crippen LogP contribution in [0.15, 0.2) is 24.3 Å². The summed E-state index contributed by atoms with van der Waals surface area (Å²) < 4.78 is 0. The standard InChI is InChI=1S/C17H30N2/c1-14(2)16-7-5-15(6-8-16)9-11-19-12-10-17(3,4)13-18/h5-8,14,19H,9-13,18H2,1-4H3. The molecule has 1 rings (SSSR count). The highest BCUT2D eigenvalue weighted by Crippen LogP contribution is 2.17. The van der Waals surface area contributed by atoms with Crippen LogP contribution in [0.2, 0.25) is 0 Å². The molecule has 0 aliphatic carbocycles. The first-order valence-electron chi connectivity index (χ1n) is 7.44. The highest BCUT2D eigenvalue weighted by molar-refractivity contribution is 5.24. The van der Waals surface area contributed by atoms with Crippen LogP contribution in [0.1, 0.15) is 51.2 Å². The maximum atomic E-state index is 5.72. The van der Waals surface area contributed by atoms with Gasteiger partial charge in [-0.1, -0.05) is 52.0 Å². The summed E-state index contributed by atoms with van der Waals surface area (Å²) in [6.45, 7) is 11.8. The predicted molar refractivity (Wildman–Crippen MR) is 84.6 cm³/mol. The molecule has 0 heterocycles. The molecule has 0 atom stereocenters. The van der Waals surface area contributed by atoms with Gasteiger partial charge in [0.2, 0.25) is 0 Å². The third-order valence-corrected chi connectivity index (χ3v) is 3.77. The van der Waals surface area contributed by atoms with Gasteiger partial charge in [0.15, 0.2) is 0 Å². The minimum Gasteiger partial charge on any atom is -0.330 e. The molecule has 1 aromatic carbocycles. The first kappa shape index (κ1) is 16.2. The molecular weight excluding hydrogens is 232 g/mol. The molecule has 0 saturated carbocycles. The fraction of sp³-hybridized carbons (Fsp3) is 0.647. The zero-order valence-corrected chi connectivity index (χ0v) is 13.0. The van der Waals surface area contributed by atoms with Gasteiger partial charge in [0.05, 0.1) is 0 Å². The lowest BCUT2D eigenvalue weighted by Gasteiger charge is -2.22. The molecule has 2 nitrogen and oxygen atoms in total. The van der Waals surface area contributed by atoms with E-state index in [1.807, 2.05) is 0 Å². The van der Waals surface area contributed by atoms with Crippen LogP contribution in [0.3, 0.4) is 0 Å². The zero-order valence-electron chi connectivity index (χ0n) is 13.0. The summed E-state index contributed by atoms with van der Waals surface area (Å²) in [6, 6.07) is 9.00. The van der Waals surface area contributed by atoms with Gasteiger partial charge < -0.3 is 11.1 Å². The predicted octanol–water partition coefficient (Wildman–Crippen LogP) is 3.32. The van der Waals surface area contributed by atoms with Crippen molar-refractivity contribution < 1.29 is 0 Å². The molecule has 2 heteroatoms. The van der Waals surface area contributed by atoms with Gasteiger partial charge in [0.1, 0.15) is 0 Å². The molecule has 0 bridgehead atoms. The van der Waals surface area contributed by atoms with Crippen molar-refractivity contribution in [2.24, 2.45) is 11.1 Å². The van der Waals surface area contributed by atoms with Crippen LogP contribution in [-0.2, 0) is 6.42 Å². The summed E-state index contributed by atoms with van der Waals surface area (Å²) in [5, 5.41) is 3.51. The molecule has 0 unspecified atom stereocenters. The third-order valence-electron chi connectivity index (χ3n) is 3.77. The Bertz CT molecular complexity index is 352. The number of benzene rings is 1. The van der Waals surface area contributed by atoms with Crippen molar-refractivity contribution in [3.05, 3.63) is 35.4 Å². The first-order chi connectivity index (χ1) is 8.94. The van der Waals surface area contributed by atoms with E-state index >= 15 is 0 Å². The van der Waals surface area contributed by atoms with E-state index in [4.69, 9.17) is 5.73 Å². The van der Waals surface area contributed by atoms with Gasteiger partial charge >= 0.3 is 0 Å². The molecule has 1 aromatic rings. The Hall–Kier alpha value is -0.860.